The summed E-state index contributed by atoms with van der Waals surface area (Å²) >= 11 is 0. The van der Waals surface area contributed by atoms with Crippen molar-refractivity contribution in [2.45, 2.75) is 20.8 Å². The van der Waals surface area contributed by atoms with E-state index in [2.05, 4.69) is 24.1 Å². The lowest BCUT2D eigenvalue weighted by Crippen LogP contribution is -2.05. The number of nitrogens with zero attached hydrogens (tertiary/aromatic N) is 1. The van der Waals surface area contributed by atoms with Gasteiger partial charge in [0.2, 0.25) is 0 Å². The van der Waals surface area contributed by atoms with E-state index in [4.69, 9.17) is 4.74 Å². The maximum Gasteiger partial charge on any atom is 0.129 e. The van der Waals surface area contributed by atoms with E-state index in [1.165, 1.54) is 0 Å². The van der Waals surface area contributed by atoms with Gasteiger partial charge in [0.05, 0.1) is 6.61 Å². The third-order valence-corrected chi connectivity index (χ3v) is 1.67. The molecule has 0 saturated carbocycles. The molecule has 0 fully saturated rings. The van der Waals surface area contributed by atoms with Crippen molar-refractivity contribution in [1.82, 2.24) is 4.98 Å². The number of nitrogens with one attached hydrogen (secondary N) is 1. The van der Waals surface area contributed by atoms with Gasteiger partial charge in [0.25, 0.3) is 0 Å². The van der Waals surface area contributed by atoms with Gasteiger partial charge in [-0.1, -0.05) is 13.8 Å². The smallest absolute Gasteiger partial charge is 0.129 e. The molecule has 1 N–H and O–H groups in total. The maximum atomic E-state index is 5.57. The number of aromatic nitrogens is 1. The zero-order chi connectivity index (χ0) is 10.4. The van der Waals surface area contributed by atoms with Crippen LogP contribution in [0, 0.1) is 5.92 Å². The van der Waals surface area contributed by atoms with Gasteiger partial charge in [-0.3, -0.25) is 0 Å². The first-order valence-electron chi connectivity index (χ1n) is 5.05. The number of rotatable bonds is 5. The molecule has 3 nitrogen and oxygen atoms in total. The molecule has 1 heterocycles. The Kier molecular flexibility index (Phi) is 4.23. The van der Waals surface area contributed by atoms with E-state index in [9.17, 15) is 0 Å². The quantitative estimate of drug-likeness (QED) is 0.782. The Bertz CT molecular complexity index is 274. The molecule has 0 spiro atoms. The van der Waals surface area contributed by atoms with E-state index >= 15 is 0 Å². The first-order valence-corrected chi connectivity index (χ1v) is 5.05. The van der Waals surface area contributed by atoms with Crippen LogP contribution in [0.15, 0.2) is 18.3 Å². The summed E-state index contributed by atoms with van der Waals surface area (Å²) in [5.74, 6) is 2.30. The van der Waals surface area contributed by atoms with Crippen molar-refractivity contribution in [1.29, 1.82) is 0 Å². The summed E-state index contributed by atoms with van der Waals surface area (Å²) in [4.78, 5) is 4.17. The zero-order valence-corrected chi connectivity index (χ0v) is 9.08. The molecule has 78 valence electrons. The number of anilines is 1. The van der Waals surface area contributed by atoms with Crippen LogP contribution in [0.5, 0.6) is 5.75 Å². The topological polar surface area (TPSA) is 34.1 Å². The molecule has 0 atom stereocenters. The molecule has 0 saturated heterocycles. The molecule has 0 unspecified atom stereocenters. The highest BCUT2D eigenvalue weighted by Gasteiger charge is 1.98. The Labute approximate surface area is 85.5 Å². The molecular weight excluding hydrogens is 176 g/mol. The van der Waals surface area contributed by atoms with E-state index in [1.807, 2.05) is 19.1 Å². The van der Waals surface area contributed by atoms with Crippen molar-refractivity contribution < 1.29 is 4.74 Å². The van der Waals surface area contributed by atoms with Gasteiger partial charge in [-0.15, -0.1) is 0 Å². The second kappa shape index (κ2) is 5.47. The number of ether oxygens (including phenoxy) is 1. The molecule has 1 rings (SSSR count). The van der Waals surface area contributed by atoms with Gasteiger partial charge in [-0.2, -0.15) is 0 Å². The highest BCUT2D eigenvalue weighted by Crippen LogP contribution is 2.14. The molecule has 0 aliphatic rings. The average molecular weight is 194 g/mol. The molecule has 0 aromatic carbocycles. The largest absolute Gasteiger partial charge is 0.493 e. The van der Waals surface area contributed by atoms with E-state index in [0.29, 0.717) is 5.92 Å². The first kappa shape index (κ1) is 10.8. The lowest BCUT2D eigenvalue weighted by Gasteiger charge is -2.09. The fourth-order valence-electron chi connectivity index (χ4n) is 1.04. The zero-order valence-electron chi connectivity index (χ0n) is 9.08. The Morgan fingerprint density at radius 2 is 2.29 bits per heavy atom. The first-order chi connectivity index (χ1) is 6.72. The van der Waals surface area contributed by atoms with Gasteiger partial charge in [0.15, 0.2) is 0 Å². The molecular formula is C11H18N2O. The Hall–Kier alpha value is -1.25. The van der Waals surface area contributed by atoms with Crippen molar-refractivity contribution in [2.75, 3.05) is 18.5 Å². The Morgan fingerprint density at radius 1 is 1.50 bits per heavy atom. The molecule has 14 heavy (non-hydrogen) atoms. The maximum absolute atomic E-state index is 5.57. The second-order valence-electron chi connectivity index (χ2n) is 3.61. The summed E-state index contributed by atoms with van der Waals surface area (Å²) in [5.41, 5.74) is 0. The van der Waals surface area contributed by atoms with Crippen LogP contribution in [0.2, 0.25) is 0 Å². The molecule has 3 heteroatoms. The van der Waals surface area contributed by atoms with Gasteiger partial charge < -0.3 is 10.1 Å². The number of pyridine rings is 1. The molecule has 0 aliphatic heterocycles. The highest BCUT2D eigenvalue weighted by molar-refractivity contribution is 5.40. The molecule has 0 radical (unpaired) electrons. The molecule has 0 bridgehead atoms. The number of hydrogen-bond acceptors (Lipinski definition) is 3. The van der Waals surface area contributed by atoms with Crippen LogP contribution in [0.4, 0.5) is 5.82 Å². The van der Waals surface area contributed by atoms with E-state index in [-0.39, 0.29) is 0 Å². The van der Waals surface area contributed by atoms with Crippen molar-refractivity contribution in [3.63, 3.8) is 0 Å². The summed E-state index contributed by atoms with van der Waals surface area (Å²) in [7, 11) is 0. The molecule has 1 aromatic heterocycles. The summed E-state index contributed by atoms with van der Waals surface area (Å²) in [6, 6.07) is 3.80. The Morgan fingerprint density at radius 3 is 2.93 bits per heavy atom. The van der Waals surface area contributed by atoms with Gasteiger partial charge in [0.1, 0.15) is 11.6 Å². The van der Waals surface area contributed by atoms with E-state index in [0.717, 1.165) is 24.7 Å². The van der Waals surface area contributed by atoms with Gasteiger partial charge in [-0.25, -0.2) is 4.98 Å². The van der Waals surface area contributed by atoms with Crippen molar-refractivity contribution in [3.05, 3.63) is 18.3 Å². The van der Waals surface area contributed by atoms with Crippen LogP contribution in [-0.2, 0) is 0 Å². The van der Waals surface area contributed by atoms with Crippen LogP contribution < -0.4 is 10.1 Å². The molecule has 1 aromatic rings. The van der Waals surface area contributed by atoms with E-state index in [1.54, 1.807) is 6.20 Å². The van der Waals surface area contributed by atoms with Gasteiger partial charge in [-0.05, 0) is 18.9 Å². The van der Waals surface area contributed by atoms with Gasteiger partial charge >= 0.3 is 0 Å². The van der Waals surface area contributed by atoms with E-state index < -0.39 is 0 Å². The lowest BCUT2D eigenvalue weighted by molar-refractivity contribution is 0.271. The predicted octanol–water partition coefficient (Wildman–Crippen LogP) is 2.55. The monoisotopic (exact) mass is 194 g/mol. The normalized spacial score (nSPS) is 10.3. The molecule has 0 amide bonds. The fourth-order valence-corrected chi connectivity index (χ4v) is 1.04. The third kappa shape index (κ3) is 3.64. The van der Waals surface area contributed by atoms with Crippen LogP contribution in [0.3, 0.4) is 0 Å². The van der Waals surface area contributed by atoms with Crippen molar-refractivity contribution in [3.8, 4) is 5.75 Å². The fraction of sp³-hybridized carbons (Fsp3) is 0.545. The lowest BCUT2D eigenvalue weighted by atomic mass is 10.2. The van der Waals surface area contributed by atoms with Gasteiger partial charge in [0, 0.05) is 18.8 Å². The Balaban J connectivity index is 2.54. The summed E-state index contributed by atoms with van der Waals surface area (Å²) in [6.07, 6.45) is 1.76. The van der Waals surface area contributed by atoms with Crippen LogP contribution in [0.25, 0.3) is 0 Å². The molecule has 0 aliphatic carbocycles. The summed E-state index contributed by atoms with van der Waals surface area (Å²) in [6.45, 7) is 7.93. The van der Waals surface area contributed by atoms with Crippen molar-refractivity contribution in [2.24, 2.45) is 5.92 Å². The van der Waals surface area contributed by atoms with Crippen LogP contribution >= 0.6 is 0 Å². The number of hydrogen-bond donors (Lipinski definition) is 1. The third-order valence-electron chi connectivity index (χ3n) is 1.67. The minimum absolute atomic E-state index is 0.547. The van der Waals surface area contributed by atoms with Crippen LogP contribution in [-0.4, -0.2) is 18.1 Å². The second-order valence-corrected chi connectivity index (χ2v) is 3.61. The standard InChI is InChI=1S/C11H18N2O/c1-4-12-11-7-10(5-6-13-11)14-8-9(2)3/h5-7,9H,4,8H2,1-3H3,(H,12,13). The van der Waals surface area contributed by atoms with Crippen molar-refractivity contribution >= 4 is 5.82 Å². The van der Waals surface area contributed by atoms with Crippen LogP contribution in [0.1, 0.15) is 20.8 Å². The average Bonchev–Trinajstić information content (AvgIpc) is 2.16. The highest BCUT2D eigenvalue weighted by atomic mass is 16.5. The predicted molar refractivity (Wildman–Crippen MR) is 58.7 cm³/mol. The SMILES string of the molecule is CCNc1cc(OCC(C)C)ccn1. The summed E-state index contributed by atoms with van der Waals surface area (Å²) in [5, 5.41) is 3.14. The minimum Gasteiger partial charge on any atom is -0.493 e. The minimum atomic E-state index is 0.547. The summed E-state index contributed by atoms with van der Waals surface area (Å²) < 4.78 is 5.57.